The molecule has 1 heterocycles. The van der Waals surface area contributed by atoms with Crippen LogP contribution in [0.2, 0.25) is 0 Å². The molecule has 0 amide bonds. The van der Waals surface area contributed by atoms with Gasteiger partial charge in [-0.05, 0) is 36.5 Å². The first-order valence-corrected chi connectivity index (χ1v) is 4.58. The fourth-order valence-corrected chi connectivity index (χ4v) is 1.25. The average molecular weight is 204 g/mol. The van der Waals surface area contributed by atoms with Crippen molar-refractivity contribution in [2.24, 2.45) is 0 Å². The third-order valence-electron chi connectivity index (χ3n) is 1.68. The minimum Gasteiger partial charge on any atom is -0.460 e. The van der Waals surface area contributed by atoms with E-state index in [1.165, 1.54) is 0 Å². The Bertz CT molecular complexity index is 406. The fourth-order valence-electron chi connectivity index (χ4n) is 1.04. The van der Waals surface area contributed by atoms with Crippen LogP contribution in [0.15, 0.2) is 53.1 Å². The van der Waals surface area contributed by atoms with Gasteiger partial charge in [-0.25, -0.2) is 0 Å². The molecule has 0 atom stereocenters. The summed E-state index contributed by atoms with van der Waals surface area (Å²) in [6.45, 7) is 0. The van der Waals surface area contributed by atoms with Crippen LogP contribution in [0.25, 0.3) is 0 Å². The number of hydrogen-bond donors (Lipinski definition) is 0. The summed E-state index contributed by atoms with van der Waals surface area (Å²) in [5.74, 6) is 1.29. The first-order valence-electron chi connectivity index (χ1n) is 4.17. The second kappa shape index (κ2) is 4.07. The van der Waals surface area contributed by atoms with Crippen molar-refractivity contribution in [1.29, 1.82) is 0 Å². The lowest BCUT2D eigenvalue weighted by molar-refractivity contribution is 0.507. The largest absolute Gasteiger partial charge is 0.460 e. The zero-order valence-electron chi connectivity index (χ0n) is 7.34. The van der Waals surface area contributed by atoms with Crippen molar-refractivity contribution in [3.63, 3.8) is 0 Å². The maximum atomic E-state index is 5.40. The van der Waals surface area contributed by atoms with Gasteiger partial charge in [0.2, 0.25) is 5.05 Å². The van der Waals surface area contributed by atoms with Gasteiger partial charge in [-0.15, -0.1) is 0 Å². The topological polar surface area (TPSA) is 22.4 Å². The van der Waals surface area contributed by atoms with Crippen LogP contribution in [0.5, 0.6) is 5.75 Å². The van der Waals surface area contributed by atoms with Crippen molar-refractivity contribution in [2.75, 3.05) is 0 Å². The predicted molar refractivity (Wildman–Crippen MR) is 57.5 cm³/mol. The molecule has 14 heavy (non-hydrogen) atoms. The van der Waals surface area contributed by atoms with Crippen LogP contribution in [0, 0.1) is 0 Å². The minimum absolute atomic E-state index is 0.348. The van der Waals surface area contributed by atoms with Crippen LogP contribution < -0.4 is 4.74 Å². The molecule has 0 aliphatic heterocycles. The van der Waals surface area contributed by atoms with Crippen LogP contribution >= 0.6 is 12.2 Å². The highest BCUT2D eigenvalue weighted by Crippen LogP contribution is 2.12. The van der Waals surface area contributed by atoms with Crippen molar-refractivity contribution in [1.82, 2.24) is 0 Å². The van der Waals surface area contributed by atoms with Gasteiger partial charge in [0.1, 0.15) is 5.75 Å². The molecule has 0 aliphatic rings. The van der Waals surface area contributed by atoms with E-state index in [1.807, 2.05) is 30.3 Å². The maximum absolute atomic E-state index is 5.40. The highest BCUT2D eigenvalue weighted by molar-refractivity contribution is 7.80. The molecular weight excluding hydrogens is 196 g/mol. The van der Waals surface area contributed by atoms with Gasteiger partial charge < -0.3 is 9.15 Å². The number of rotatable bonds is 2. The Morgan fingerprint density at radius 3 is 2.50 bits per heavy atom. The third-order valence-corrected chi connectivity index (χ3v) is 1.96. The molecule has 0 saturated heterocycles. The number of thiocarbonyl (C=S) groups is 1. The number of benzene rings is 1. The fraction of sp³-hybridized carbons (Fsp3) is 0. The molecule has 0 N–H and O–H groups in total. The summed E-state index contributed by atoms with van der Waals surface area (Å²) in [6.07, 6.45) is 1.57. The van der Waals surface area contributed by atoms with Gasteiger partial charge in [0.25, 0.3) is 0 Å². The Labute approximate surface area is 87.1 Å². The van der Waals surface area contributed by atoms with Crippen molar-refractivity contribution in [2.45, 2.75) is 0 Å². The molecule has 0 fully saturated rings. The second-order valence-electron chi connectivity index (χ2n) is 2.68. The standard InChI is InChI=1S/C11H8O2S/c14-11(10-7-4-8-12-10)13-9-5-2-1-3-6-9/h1-8H. The molecule has 2 nitrogen and oxygen atoms in total. The van der Waals surface area contributed by atoms with Crippen LogP contribution in [0.3, 0.4) is 0 Å². The third kappa shape index (κ3) is 2.00. The van der Waals surface area contributed by atoms with Crippen molar-refractivity contribution >= 4 is 17.3 Å². The smallest absolute Gasteiger partial charge is 0.233 e. The first kappa shape index (κ1) is 8.97. The Morgan fingerprint density at radius 1 is 1.07 bits per heavy atom. The van der Waals surface area contributed by atoms with E-state index in [1.54, 1.807) is 18.4 Å². The quantitative estimate of drug-likeness (QED) is 0.702. The van der Waals surface area contributed by atoms with Crippen LogP contribution in [0.1, 0.15) is 5.76 Å². The van der Waals surface area contributed by atoms with Gasteiger partial charge in [0.15, 0.2) is 5.76 Å². The highest BCUT2D eigenvalue weighted by Gasteiger charge is 2.05. The van der Waals surface area contributed by atoms with E-state index in [-0.39, 0.29) is 0 Å². The monoisotopic (exact) mass is 204 g/mol. The molecule has 0 radical (unpaired) electrons. The average Bonchev–Trinajstić information content (AvgIpc) is 2.72. The number of furan rings is 1. The first-order chi connectivity index (χ1) is 6.86. The molecule has 0 bridgehead atoms. The molecule has 0 saturated carbocycles. The number of ether oxygens (including phenoxy) is 1. The SMILES string of the molecule is S=C(Oc1ccccc1)c1ccco1. The molecule has 0 spiro atoms. The van der Waals surface area contributed by atoms with Gasteiger partial charge in [-0.1, -0.05) is 18.2 Å². The zero-order chi connectivity index (χ0) is 9.80. The Hall–Kier alpha value is -1.61. The van der Waals surface area contributed by atoms with E-state index in [0.717, 1.165) is 0 Å². The highest BCUT2D eigenvalue weighted by atomic mass is 32.1. The van der Waals surface area contributed by atoms with Gasteiger partial charge in [-0.3, -0.25) is 0 Å². The number of para-hydroxylation sites is 1. The van der Waals surface area contributed by atoms with E-state index in [0.29, 0.717) is 16.6 Å². The normalized spacial score (nSPS) is 9.71. The number of hydrogen-bond acceptors (Lipinski definition) is 3. The summed E-state index contributed by atoms with van der Waals surface area (Å²) < 4.78 is 10.5. The Balaban J connectivity index is 2.10. The Kier molecular flexibility index (Phi) is 2.60. The van der Waals surface area contributed by atoms with Crippen molar-refractivity contribution in [3.8, 4) is 5.75 Å². The molecule has 0 unspecified atom stereocenters. The van der Waals surface area contributed by atoms with Gasteiger partial charge in [-0.2, -0.15) is 0 Å². The molecule has 2 aromatic rings. The molecule has 0 aliphatic carbocycles. The molecule has 1 aromatic heterocycles. The molecule has 1 aromatic carbocycles. The molecule has 3 heteroatoms. The summed E-state index contributed by atoms with van der Waals surface area (Å²) in [7, 11) is 0. The van der Waals surface area contributed by atoms with Crippen LogP contribution in [-0.2, 0) is 0 Å². The Morgan fingerprint density at radius 2 is 1.86 bits per heavy atom. The molecular formula is C11H8O2S. The summed E-state index contributed by atoms with van der Waals surface area (Å²) >= 11 is 5.04. The summed E-state index contributed by atoms with van der Waals surface area (Å²) in [6, 6.07) is 12.9. The zero-order valence-corrected chi connectivity index (χ0v) is 8.16. The van der Waals surface area contributed by atoms with E-state index < -0.39 is 0 Å². The summed E-state index contributed by atoms with van der Waals surface area (Å²) in [4.78, 5) is 0. The minimum atomic E-state index is 0.348. The van der Waals surface area contributed by atoms with Crippen molar-refractivity contribution in [3.05, 3.63) is 54.5 Å². The van der Waals surface area contributed by atoms with E-state index in [4.69, 9.17) is 21.4 Å². The lowest BCUT2D eigenvalue weighted by Crippen LogP contribution is -2.05. The predicted octanol–water partition coefficient (Wildman–Crippen LogP) is 3.03. The van der Waals surface area contributed by atoms with E-state index in [9.17, 15) is 0 Å². The van der Waals surface area contributed by atoms with E-state index >= 15 is 0 Å². The van der Waals surface area contributed by atoms with Crippen molar-refractivity contribution < 1.29 is 9.15 Å². The summed E-state index contributed by atoms with van der Waals surface area (Å²) in [5, 5.41) is 0.348. The molecule has 70 valence electrons. The molecule has 2 rings (SSSR count). The van der Waals surface area contributed by atoms with Gasteiger partial charge in [0.05, 0.1) is 6.26 Å². The van der Waals surface area contributed by atoms with Crippen LogP contribution in [0.4, 0.5) is 0 Å². The van der Waals surface area contributed by atoms with Crippen LogP contribution in [-0.4, -0.2) is 5.05 Å². The van der Waals surface area contributed by atoms with Gasteiger partial charge in [0, 0.05) is 0 Å². The van der Waals surface area contributed by atoms with Gasteiger partial charge >= 0.3 is 0 Å². The maximum Gasteiger partial charge on any atom is 0.233 e. The second-order valence-corrected chi connectivity index (χ2v) is 3.05. The summed E-state index contributed by atoms with van der Waals surface area (Å²) in [5.41, 5.74) is 0. The lowest BCUT2D eigenvalue weighted by atomic mass is 10.3. The lowest BCUT2D eigenvalue weighted by Gasteiger charge is -2.03. The van der Waals surface area contributed by atoms with E-state index in [2.05, 4.69) is 0 Å².